The van der Waals surface area contributed by atoms with E-state index in [0.717, 1.165) is 5.56 Å². The van der Waals surface area contributed by atoms with Crippen LogP contribution in [0.1, 0.15) is 42.6 Å². The minimum Gasteiger partial charge on any atom is -0.340 e. The highest BCUT2D eigenvalue weighted by atomic mass is 19.1. The molecule has 5 heteroatoms. The third kappa shape index (κ3) is 4.19. The number of benzene rings is 2. The zero-order valence-electron chi connectivity index (χ0n) is 14.0. The van der Waals surface area contributed by atoms with E-state index in [1.54, 1.807) is 13.0 Å². The van der Waals surface area contributed by atoms with E-state index in [4.69, 9.17) is 0 Å². The number of halogens is 1. The maximum absolute atomic E-state index is 13.6. The summed E-state index contributed by atoms with van der Waals surface area (Å²) in [7, 11) is 0. The van der Waals surface area contributed by atoms with Crippen molar-refractivity contribution in [3.05, 3.63) is 65.5 Å². The molecule has 24 heavy (non-hydrogen) atoms. The molecule has 0 spiro atoms. The summed E-state index contributed by atoms with van der Waals surface area (Å²) in [5.41, 5.74) is 1.64. The van der Waals surface area contributed by atoms with Gasteiger partial charge in [0.25, 0.3) is 5.91 Å². The lowest BCUT2D eigenvalue weighted by Crippen LogP contribution is -2.42. The number of rotatable bonds is 5. The van der Waals surface area contributed by atoms with E-state index in [9.17, 15) is 14.0 Å². The summed E-state index contributed by atoms with van der Waals surface area (Å²) in [6.07, 6.45) is 0. The van der Waals surface area contributed by atoms with Crippen molar-refractivity contribution in [2.45, 2.75) is 32.7 Å². The van der Waals surface area contributed by atoms with Crippen molar-refractivity contribution >= 4 is 17.5 Å². The van der Waals surface area contributed by atoms with Gasteiger partial charge in [-0.05, 0) is 36.6 Å². The van der Waals surface area contributed by atoms with Gasteiger partial charge in [0.05, 0.1) is 5.56 Å². The van der Waals surface area contributed by atoms with Gasteiger partial charge in [0.15, 0.2) is 0 Å². The molecule has 0 saturated carbocycles. The topological polar surface area (TPSA) is 58.2 Å². The Morgan fingerprint density at radius 3 is 2.25 bits per heavy atom. The molecule has 2 aromatic carbocycles. The first-order valence-corrected chi connectivity index (χ1v) is 7.85. The quantitative estimate of drug-likeness (QED) is 0.879. The van der Waals surface area contributed by atoms with Gasteiger partial charge in [-0.15, -0.1) is 0 Å². The van der Waals surface area contributed by atoms with Gasteiger partial charge in [0, 0.05) is 5.69 Å². The van der Waals surface area contributed by atoms with Gasteiger partial charge < -0.3 is 10.6 Å². The standard InChI is InChI=1S/C19H21FN2O2/c1-12(2)14-8-5-7-11-17(14)22-18(23)13(3)21-19(24)15-9-4-6-10-16(15)20/h4-13H,1-3H3,(H,21,24)(H,22,23)/t13-/m1/s1. The van der Waals surface area contributed by atoms with Crippen LogP contribution in [0, 0.1) is 5.82 Å². The highest BCUT2D eigenvalue weighted by molar-refractivity contribution is 6.01. The predicted octanol–water partition coefficient (Wildman–Crippen LogP) is 3.71. The van der Waals surface area contributed by atoms with Crippen LogP contribution in [0.3, 0.4) is 0 Å². The van der Waals surface area contributed by atoms with Crippen molar-refractivity contribution < 1.29 is 14.0 Å². The van der Waals surface area contributed by atoms with E-state index in [1.165, 1.54) is 18.2 Å². The van der Waals surface area contributed by atoms with Crippen LogP contribution in [0.4, 0.5) is 10.1 Å². The summed E-state index contributed by atoms with van der Waals surface area (Å²) in [5.74, 6) is -1.33. The first kappa shape index (κ1) is 17.7. The third-order valence-corrected chi connectivity index (χ3v) is 3.70. The van der Waals surface area contributed by atoms with Crippen molar-refractivity contribution in [2.24, 2.45) is 0 Å². The minimum absolute atomic E-state index is 0.0836. The monoisotopic (exact) mass is 328 g/mol. The Hall–Kier alpha value is -2.69. The van der Waals surface area contributed by atoms with Gasteiger partial charge in [0.1, 0.15) is 11.9 Å². The van der Waals surface area contributed by atoms with Crippen LogP contribution in [0.25, 0.3) is 0 Å². The third-order valence-electron chi connectivity index (χ3n) is 3.70. The van der Waals surface area contributed by atoms with Gasteiger partial charge in [-0.1, -0.05) is 44.2 Å². The molecule has 0 aliphatic heterocycles. The summed E-state index contributed by atoms with van der Waals surface area (Å²) in [5, 5.41) is 5.33. The number of amides is 2. The highest BCUT2D eigenvalue weighted by Crippen LogP contribution is 2.23. The molecule has 0 aliphatic rings. The van der Waals surface area contributed by atoms with Gasteiger partial charge in [-0.2, -0.15) is 0 Å². The summed E-state index contributed by atoms with van der Waals surface area (Å²) in [6, 6.07) is 12.4. The zero-order chi connectivity index (χ0) is 17.7. The Morgan fingerprint density at radius 1 is 0.958 bits per heavy atom. The average molecular weight is 328 g/mol. The van der Waals surface area contributed by atoms with Crippen LogP contribution in [-0.4, -0.2) is 17.9 Å². The molecule has 0 aromatic heterocycles. The smallest absolute Gasteiger partial charge is 0.254 e. The molecule has 0 radical (unpaired) electrons. The molecule has 0 bridgehead atoms. The molecule has 2 aromatic rings. The number of para-hydroxylation sites is 1. The Balaban J connectivity index is 2.06. The number of hydrogen-bond acceptors (Lipinski definition) is 2. The fourth-order valence-corrected chi connectivity index (χ4v) is 2.34. The first-order chi connectivity index (χ1) is 11.4. The lowest BCUT2D eigenvalue weighted by molar-refractivity contribution is -0.117. The Labute approximate surface area is 141 Å². The fraction of sp³-hybridized carbons (Fsp3) is 0.263. The van der Waals surface area contributed by atoms with Gasteiger partial charge in [0.2, 0.25) is 5.91 Å². The van der Waals surface area contributed by atoms with E-state index < -0.39 is 17.8 Å². The van der Waals surface area contributed by atoms with Crippen LogP contribution in [0.2, 0.25) is 0 Å². The molecule has 2 N–H and O–H groups in total. The number of anilines is 1. The van der Waals surface area contributed by atoms with Crippen LogP contribution in [0.15, 0.2) is 48.5 Å². The second-order valence-corrected chi connectivity index (χ2v) is 5.91. The number of carbonyl (C=O) groups is 2. The predicted molar refractivity (Wildman–Crippen MR) is 92.5 cm³/mol. The summed E-state index contributed by atoms with van der Waals surface area (Å²) in [4.78, 5) is 24.4. The number of carbonyl (C=O) groups excluding carboxylic acids is 2. The van der Waals surface area contributed by atoms with E-state index in [-0.39, 0.29) is 17.4 Å². The SMILES string of the molecule is CC(C)c1ccccc1NC(=O)[C@@H](C)NC(=O)c1ccccc1F. The molecular weight excluding hydrogens is 307 g/mol. The second kappa shape index (κ2) is 7.73. The van der Waals surface area contributed by atoms with Crippen molar-refractivity contribution in [3.63, 3.8) is 0 Å². The summed E-state index contributed by atoms with van der Waals surface area (Å²) in [6.45, 7) is 5.63. The number of nitrogens with one attached hydrogen (secondary N) is 2. The lowest BCUT2D eigenvalue weighted by atomic mass is 10.0. The molecule has 0 aliphatic carbocycles. The zero-order valence-corrected chi connectivity index (χ0v) is 14.0. The molecule has 1 atom stereocenters. The van der Waals surface area contributed by atoms with E-state index >= 15 is 0 Å². The van der Waals surface area contributed by atoms with Crippen molar-refractivity contribution in [1.82, 2.24) is 5.32 Å². The largest absolute Gasteiger partial charge is 0.340 e. The Kier molecular flexibility index (Phi) is 5.68. The molecule has 2 rings (SSSR count). The van der Waals surface area contributed by atoms with E-state index in [0.29, 0.717) is 5.69 Å². The molecular formula is C19H21FN2O2. The van der Waals surface area contributed by atoms with Gasteiger partial charge in [-0.3, -0.25) is 9.59 Å². The van der Waals surface area contributed by atoms with E-state index in [1.807, 2.05) is 38.1 Å². The molecule has 4 nitrogen and oxygen atoms in total. The average Bonchev–Trinajstić information content (AvgIpc) is 2.55. The first-order valence-electron chi connectivity index (χ1n) is 7.85. The fourth-order valence-electron chi connectivity index (χ4n) is 2.34. The molecule has 0 fully saturated rings. The minimum atomic E-state index is -0.794. The Bertz CT molecular complexity index is 744. The van der Waals surface area contributed by atoms with Crippen LogP contribution < -0.4 is 10.6 Å². The van der Waals surface area contributed by atoms with Crippen LogP contribution in [-0.2, 0) is 4.79 Å². The van der Waals surface area contributed by atoms with Crippen LogP contribution >= 0.6 is 0 Å². The lowest BCUT2D eigenvalue weighted by Gasteiger charge is -2.17. The van der Waals surface area contributed by atoms with Crippen LogP contribution in [0.5, 0.6) is 0 Å². The molecule has 0 saturated heterocycles. The van der Waals surface area contributed by atoms with Gasteiger partial charge >= 0.3 is 0 Å². The van der Waals surface area contributed by atoms with Gasteiger partial charge in [-0.25, -0.2) is 4.39 Å². The van der Waals surface area contributed by atoms with Crippen molar-refractivity contribution in [3.8, 4) is 0 Å². The second-order valence-electron chi connectivity index (χ2n) is 5.91. The van der Waals surface area contributed by atoms with Crippen molar-refractivity contribution in [2.75, 3.05) is 5.32 Å². The number of hydrogen-bond donors (Lipinski definition) is 2. The van der Waals surface area contributed by atoms with E-state index in [2.05, 4.69) is 10.6 Å². The Morgan fingerprint density at radius 2 is 1.58 bits per heavy atom. The normalized spacial score (nSPS) is 11.9. The maximum Gasteiger partial charge on any atom is 0.254 e. The molecule has 0 heterocycles. The highest BCUT2D eigenvalue weighted by Gasteiger charge is 2.19. The maximum atomic E-state index is 13.6. The molecule has 0 unspecified atom stereocenters. The summed E-state index contributed by atoms with van der Waals surface area (Å²) >= 11 is 0. The summed E-state index contributed by atoms with van der Waals surface area (Å²) < 4.78 is 13.6. The van der Waals surface area contributed by atoms with Crippen molar-refractivity contribution in [1.29, 1.82) is 0 Å². The molecule has 126 valence electrons. The molecule has 2 amide bonds.